The van der Waals surface area contributed by atoms with Crippen LogP contribution in [0, 0.1) is 18.8 Å². The largest absolute Gasteiger partial charge is 0.446 e. The summed E-state index contributed by atoms with van der Waals surface area (Å²) in [5.41, 5.74) is 0. The number of rotatable bonds is 1. The Morgan fingerprint density at radius 3 is 2.75 bits per heavy atom. The van der Waals surface area contributed by atoms with Crippen LogP contribution in [-0.2, 0) is 0 Å². The molecule has 12 heavy (non-hydrogen) atoms. The van der Waals surface area contributed by atoms with Crippen LogP contribution in [-0.4, -0.2) is 4.98 Å². The highest BCUT2D eigenvalue weighted by molar-refractivity contribution is 5.16. The average molecular weight is 163 g/mol. The maximum absolute atomic E-state index is 5.53. The summed E-state index contributed by atoms with van der Waals surface area (Å²) < 4.78 is 5.53. The molecule has 2 aliphatic rings. The molecular weight excluding hydrogens is 150 g/mol. The summed E-state index contributed by atoms with van der Waals surface area (Å²) in [6, 6.07) is 0. The fourth-order valence-electron chi connectivity index (χ4n) is 2.71. The van der Waals surface area contributed by atoms with E-state index in [2.05, 4.69) is 4.98 Å². The Hall–Kier alpha value is -0.790. The third-order valence-electron chi connectivity index (χ3n) is 3.33. The Balaban J connectivity index is 1.84. The van der Waals surface area contributed by atoms with Gasteiger partial charge < -0.3 is 4.42 Å². The Morgan fingerprint density at radius 2 is 2.17 bits per heavy atom. The van der Waals surface area contributed by atoms with Crippen LogP contribution in [0.1, 0.15) is 36.8 Å². The second kappa shape index (κ2) is 2.12. The van der Waals surface area contributed by atoms with Crippen molar-refractivity contribution < 1.29 is 4.42 Å². The van der Waals surface area contributed by atoms with Gasteiger partial charge in [0.25, 0.3) is 0 Å². The van der Waals surface area contributed by atoms with Gasteiger partial charge in [-0.1, -0.05) is 6.42 Å². The highest BCUT2D eigenvalue weighted by Gasteiger charge is 2.55. The minimum absolute atomic E-state index is 0.687. The first-order valence-corrected chi connectivity index (χ1v) is 4.78. The van der Waals surface area contributed by atoms with Gasteiger partial charge in [0.05, 0.1) is 6.20 Å². The highest BCUT2D eigenvalue weighted by atomic mass is 16.4. The van der Waals surface area contributed by atoms with Crippen molar-refractivity contribution in [3.05, 3.63) is 17.8 Å². The van der Waals surface area contributed by atoms with Gasteiger partial charge in [-0.05, 0) is 31.6 Å². The van der Waals surface area contributed by atoms with Gasteiger partial charge in [0.1, 0.15) is 5.76 Å². The summed E-state index contributed by atoms with van der Waals surface area (Å²) in [6.45, 7) is 1.97. The quantitative estimate of drug-likeness (QED) is 0.635. The van der Waals surface area contributed by atoms with Crippen molar-refractivity contribution in [2.24, 2.45) is 11.8 Å². The molecule has 0 radical (unpaired) electrons. The fourth-order valence-corrected chi connectivity index (χ4v) is 2.71. The number of hydrogen-bond donors (Lipinski definition) is 0. The van der Waals surface area contributed by atoms with Gasteiger partial charge in [-0.15, -0.1) is 0 Å². The molecule has 1 aromatic rings. The molecule has 2 nitrogen and oxygen atoms in total. The van der Waals surface area contributed by atoms with Crippen LogP contribution in [0.3, 0.4) is 0 Å². The molecule has 3 rings (SSSR count). The standard InChI is InChI=1S/C10H13NO/c1-6-5-11-10(12-6)9-7-3-2-4-8(7)9/h5,7-9H,2-4H2,1H3/t7-,8+,9+. The van der Waals surface area contributed by atoms with Crippen LogP contribution in [0.25, 0.3) is 0 Å². The molecule has 0 N–H and O–H groups in total. The van der Waals surface area contributed by atoms with E-state index in [0.29, 0.717) is 5.92 Å². The van der Waals surface area contributed by atoms with Crippen molar-refractivity contribution in [1.82, 2.24) is 4.98 Å². The van der Waals surface area contributed by atoms with Crippen LogP contribution in [0.5, 0.6) is 0 Å². The van der Waals surface area contributed by atoms with E-state index in [1.807, 2.05) is 13.1 Å². The van der Waals surface area contributed by atoms with Crippen molar-refractivity contribution in [3.63, 3.8) is 0 Å². The zero-order valence-corrected chi connectivity index (χ0v) is 7.29. The molecule has 2 fully saturated rings. The second-order valence-electron chi connectivity index (χ2n) is 4.09. The Morgan fingerprint density at radius 1 is 1.42 bits per heavy atom. The van der Waals surface area contributed by atoms with E-state index in [1.165, 1.54) is 19.3 Å². The summed E-state index contributed by atoms with van der Waals surface area (Å²) in [5, 5.41) is 0. The second-order valence-corrected chi connectivity index (χ2v) is 4.09. The number of aromatic nitrogens is 1. The summed E-state index contributed by atoms with van der Waals surface area (Å²) in [4.78, 5) is 4.29. The first-order valence-electron chi connectivity index (χ1n) is 4.78. The maximum Gasteiger partial charge on any atom is 0.198 e. The molecule has 1 aromatic heterocycles. The molecule has 3 atom stereocenters. The zero-order chi connectivity index (χ0) is 8.13. The van der Waals surface area contributed by atoms with Gasteiger partial charge in [-0.2, -0.15) is 0 Å². The molecule has 0 amide bonds. The van der Waals surface area contributed by atoms with E-state index in [-0.39, 0.29) is 0 Å². The monoisotopic (exact) mass is 163 g/mol. The van der Waals surface area contributed by atoms with Gasteiger partial charge >= 0.3 is 0 Å². The third-order valence-corrected chi connectivity index (χ3v) is 3.33. The van der Waals surface area contributed by atoms with Crippen LogP contribution in [0.15, 0.2) is 10.6 Å². The first-order chi connectivity index (χ1) is 5.86. The predicted octanol–water partition coefficient (Wildman–Crippen LogP) is 2.50. The SMILES string of the molecule is Cc1cnc([C@H]2[C@@H]3CCC[C@@H]32)o1. The lowest BCUT2D eigenvalue weighted by atomic mass is 10.1. The van der Waals surface area contributed by atoms with Crippen molar-refractivity contribution in [2.45, 2.75) is 32.1 Å². The Bertz CT molecular complexity index is 295. The van der Waals surface area contributed by atoms with Gasteiger partial charge in [-0.25, -0.2) is 4.98 Å². The van der Waals surface area contributed by atoms with E-state index in [1.54, 1.807) is 0 Å². The van der Waals surface area contributed by atoms with Crippen LogP contribution < -0.4 is 0 Å². The smallest absolute Gasteiger partial charge is 0.198 e. The molecule has 0 aliphatic heterocycles. The molecule has 64 valence electrons. The topological polar surface area (TPSA) is 26.0 Å². The van der Waals surface area contributed by atoms with E-state index >= 15 is 0 Å². The molecule has 0 bridgehead atoms. The third kappa shape index (κ3) is 0.780. The van der Waals surface area contributed by atoms with Crippen LogP contribution >= 0.6 is 0 Å². The lowest BCUT2D eigenvalue weighted by Crippen LogP contribution is -1.86. The van der Waals surface area contributed by atoms with Gasteiger partial charge in [0.15, 0.2) is 5.89 Å². The van der Waals surface area contributed by atoms with Crippen molar-refractivity contribution in [2.75, 3.05) is 0 Å². The molecule has 2 heteroatoms. The number of aryl methyl sites for hydroxylation is 1. The minimum atomic E-state index is 0.687. The molecule has 0 saturated heterocycles. The fraction of sp³-hybridized carbons (Fsp3) is 0.700. The van der Waals surface area contributed by atoms with Gasteiger partial charge in [0.2, 0.25) is 0 Å². The predicted molar refractivity (Wildman–Crippen MR) is 44.8 cm³/mol. The molecule has 0 spiro atoms. The van der Waals surface area contributed by atoms with E-state index < -0.39 is 0 Å². The van der Waals surface area contributed by atoms with E-state index in [0.717, 1.165) is 23.5 Å². The maximum atomic E-state index is 5.53. The van der Waals surface area contributed by atoms with Crippen molar-refractivity contribution >= 4 is 0 Å². The summed E-state index contributed by atoms with van der Waals surface area (Å²) in [6.07, 6.45) is 6.06. The zero-order valence-electron chi connectivity index (χ0n) is 7.29. The van der Waals surface area contributed by atoms with Crippen LogP contribution in [0.4, 0.5) is 0 Å². The minimum Gasteiger partial charge on any atom is -0.446 e. The number of hydrogen-bond acceptors (Lipinski definition) is 2. The van der Waals surface area contributed by atoms with Gasteiger partial charge in [0, 0.05) is 5.92 Å². The summed E-state index contributed by atoms with van der Waals surface area (Å²) in [5.74, 6) is 4.48. The van der Waals surface area contributed by atoms with E-state index in [9.17, 15) is 0 Å². The molecular formula is C10H13NO. The average Bonchev–Trinajstić information content (AvgIpc) is 2.55. The lowest BCUT2D eigenvalue weighted by molar-refractivity contribution is 0.450. The molecule has 1 heterocycles. The number of fused-ring (bicyclic) bond motifs is 1. The van der Waals surface area contributed by atoms with E-state index in [4.69, 9.17) is 4.42 Å². The molecule has 0 aromatic carbocycles. The number of oxazole rings is 1. The Kier molecular flexibility index (Phi) is 1.18. The Labute approximate surface area is 72.0 Å². The number of nitrogens with zero attached hydrogens (tertiary/aromatic N) is 1. The first kappa shape index (κ1) is 6.70. The lowest BCUT2D eigenvalue weighted by Gasteiger charge is -1.96. The highest BCUT2D eigenvalue weighted by Crippen LogP contribution is 2.62. The normalized spacial score (nSPS) is 38.2. The molecule has 0 unspecified atom stereocenters. The molecule has 2 saturated carbocycles. The van der Waals surface area contributed by atoms with Crippen molar-refractivity contribution in [1.29, 1.82) is 0 Å². The summed E-state index contributed by atoms with van der Waals surface area (Å²) in [7, 11) is 0. The van der Waals surface area contributed by atoms with Crippen molar-refractivity contribution in [3.8, 4) is 0 Å². The molecule has 2 aliphatic carbocycles. The van der Waals surface area contributed by atoms with Crippen LogP contribution in [0.2, 0.25) is 0 Å². The summed E-state index contributed by atoms with van der Waals surface area (Å²) >= 11 is 0. The van der Waals surface area contributed by atoms with Gasteiger partial charge in [-0.3, -0.25) is 0 Å².